The Hall–Kier alpha value is -3.85. The molecule has 2 N–H and O–H groups in total. The Labute approximate surface area is 190 Å². The highest BCUT2D eigenvalue weighted by Crippen LogP contribution is 2.30. The van der Waals surface area contributed by atoms with Gasteiger partial charge in [0.1, 0.15) is 11.6 Å². The summed E-state index contributed by atoms with van der Waals surface area (Å²) in [6, 6.07) is 16.9. The maximum absolute atomic E-state index is 13.2. The van der Waals surface area contributed by atoms with Crippen LogP contribution in [-0.4, -0.2) is 26.0 Å². The topological polar surface area (TPSA) is 89.4 Å². The fourth-order valence-corrected chi connectivity index (χ4v) is 4.69. The molecule has 0 aliphatic heterocycles. The monoisotopic (exact) mass is 467 g/mol. The molecule has 0 aliphatic carbocycles. The average molecular weight is 468 g/mol. The number of anilines is 2. The number of para-hydroxylation sites is 1. The minimum absolute atomic E-state index is 0.101. The minimum atomic E-state index is -3.99. The predicted molar refractivity (Wildman–Crippen MR) is 125 cm³/mol. The molecule has 0 saturated carbocycles. The first-order valence-electron chi connectivity index (χ1n) is 10.1. The number of benzene rings is 3. The van der Waals surface area contributed by atoms with Crippen LogP contribution in [0.4, 0.5) is 15.8 Å². The van der Waals surface area contributed by atoms with Gasteiger partial charge in [0.25, 0.3) is 10.0 Å². The number of hydrogen-bond donors (Lipinski definition) is 2. The van der Waals surface area contributed by atoms with Crippen LogP contribution in [0.25, 0.3) is 10.9 Å². The highest BCUT2D eigenvalue weighted by Gasteiger charge is 2.18. The summed E-state index contributed by atoms with van der Waals surface area (Å²) in [6.45, 7) is 0. The van der Waals surface area contributed by atoms with Crippen molar-refractivity contribution in [2.45, 2.75) is 11.3 Å². The lowest BCUT2D eigenvalue weighted by molar-refractivity contribution is -0.115. The van der Waals surface area contributed by atoms with Crippen molar-refractivity contribution in [3.05, 3.63) is 84.3 Å². The Morgan fingerprint density at radius 3 is 2.52 bits per heavy atom. The van der Waals surface area contributed by atoms with E-state index in [1.54, 1.807) is 12.1 Å². The molecule has 1 heterocycles. The molecule has 0 atom stereocenters. The lowest BCUT2D eigenvalue weighted by atomic mass is 10.1. The van der Waals surface area contributed by atoms with E-state index < -0.39 is 15.8 Å². The maximum Gasteiger partial charge on any atom is 0.262 e. The Morgan fingerprint density at radius 1 is 1.06 bits per heavy atom. The molecule has 1 aromatic heterocycles. The number of nitrogens with one attached hydrogen (secondary N) is 2. The smallest absolute Gasteiger partial charge is 0.262 e. The molecule has 3 aromatic carbocycles. The Balaban J connectivity index is 1.55. The number of carbonyl (C=O) groups is 1. The SMILES string of the molecule is COc1ccc(NC(=O)Cc2cn(C)c3ccccc23)cc1NS(=O)(=O)c1ccc(F)cc1. The molecule has 7 nitrogen and oxygen atoms in total. The fourth-order valence-electron chi connectivity index (χ4n) is 3.63. The lowest BCUT2D eigenvalue weighted by Gasteiger charge is -2.14. The van der Waals surface area contributed by atoms with Crippen molar-refractivity contribution in [2.24, 2.45) is 7.05 Å². The summed E-state index contributed by atoms with van der Waals surface area (Å²) in [5.41, 5.74) is 2.46. The van der Waals surface area contributed by atoms with Gasteiger partial charge in [-0.05, 0) is 54.1 Å². The van der Waals surface area contributed by atoms with E-state index in [1.165, 1.54) is 25.3 Å². The molecule has 0 bridgehead atoms. The lowest BCUT2D eigenvalue weighted by Crippen LogP contribution is -2.16. The number of amides is 1. The third kappa shape index (κ3) is 4.83. The molecular formula is C24H22FN3O4S. The Bertz CT molecular complexity index is 1430. The van der Waals surface area contributed by atoms with E-state index in [0.717, 1.165) is 28.6 Å². The summed E-state index contributed by atoms with van der Waals surface area (Å²) in [6.07, 6.45) is 2.07. The molecule has 0 saturated heterocycles. The van der Waals surface area contributed by atoms with E-state index in [1.807, 2.05) is 42.1 Å². The number of aryl methyl sites for hydroxylation is 1. The van der Waals surface area contributed by atoms with Gasteiger partial charge < -0.3 is 14.6 Å². The van der Waals surface area contributed by atoms with Gasteiger partial charge in [-0.3, -0.25) is 9.52 Å². The largest absolute Gasteiger partial charge is 0.495 e. The van der Waals surface area contributed by atoms with Crippen LogP contribution in [0.15, 0.2) is 77.8 Å². The number of methoxy groups -OCH3 is 1. The van der Waals surface area contributed by atoms with Gasteiger partial charge in [-0.25, -0.2) is 12.8 Å². The van der Waals surface area contributed by atoms with E-state index in [4.69, 9.17) is 4.74 Å². The minimum Gasteiger partial charge on any atom is -0.495 e. The van der Waals surface area contributed by atoms with Crippen molar-refractivity contribution in [3.8, 4) is 5.75 Å². The van der Waals surface area contributed by atoms with Gasteiger partial charge in [0.05, 0.1) is 24.1 Å². The highest BCUT2D eigenvalue weighted by atomic mass is 32.2. The summed E-state index contributed by atoms with van der Waals surface area (Å²) in [7, 11) is -0.660. The van der Waals surface area contributed by atoms with Crippen LogP contribution in [0, 0.1) is 5.82 Å². The van der Waals surface area contributed by atoms with E-state index in [2.05, 4.69) is 10.0 Å². The number of carbonyl (C=O) groups excluding carboxylic acids is 1. The van der Waals surface area contributed by atoms with Gasteiger partial charge in [0.2, 0.25) is 5.91 Å². The van der Waals surface area contributed by atoms with E-state index >= 15 is 0 Å². The summed E-state index contributed by atoms with van der Waals surface area (Å²) in [5, 5.41) is 3.80. The summed E-state index contributed by atoms with van der Waals surface area (Å²) < 4.78 is 48.2. The van der Waals surface area contributed by atoms with E-state index in [0.29, 0.717) is 5.69 Å². The zero-order chi connectivity index (χ0) is 23.6. The summed E-state index contributed by atoms with van der Waals surface area (Å²) in [5.74, 6) is -0.515. The zero-order valence-corrected chi connectivity index (χ0v) is 18.8. The van der Waals surface area contributed by atoms with Gasteiger partial charge in [-0.2, -0.15) is 0 Å². The number of nitrogens with zero attached hydrogens (tertiary/aromatic N) is 1. The first-order chi connectivity index (χ1) is 15.8. The number of rotatable bonds is 7. The van der Waals surface area contributed by atoms with Gasteiger partial charge in [-0.15, -0.1) is 0 Å². The fraction of sp³-hybridized carbons (Fsp3) is 0.125. The molecule has 1 amide bonds. The van der Waals surface area contributed by atoms with Gasteiger partial charge in [-0.1, -0.05) is 18.2 Å². The molecule has 4 rings (SSSR count). The van der Waals surface area contributed by atoms with E-state index in [9.17, 15) is 17.6 Å². The average Bonchev–Trinajstić information content (AvgIpc) is 3.09. The number of halogens is 1. The maximum atomic E-state index is 13.2. The molecule has 170 valence electrons. The second-order valence-corrected chi connectivity index (χ2v) is 9.16. The highest BCUT2D eigenvalue weighted by molar-refractivity contribution is 7.92. The van der Waals surface area contributed by atoms with Crippen molar-refractivity contribution in [2.75, 3.05) is 17.1 Å². The van der Waals surface area contributed by atoms with Gasteiger partial charge in [0.15, 0.2) is 0 Å². The first kappa shape index (κ1) is 22.3. The number of sulfonamides is 1. The standard InChI is InChI=1S/C24H22FN3O4S/c1-28-15-16(20-5-3-4-6-22(20)28)13-24(29)26-18-9-12-23(32-2)21(14-18)27-33(30,31)19-10-7-17(25)8-11-19/h3-12,14-15,27H,13H2,1-2H3,(H,26,29). The number of fused-ring (bicyclic) bond motifs is 1. The quantitative estimate of drug-likeness (QED) is 0.424. The van der Waals surface area contributed by atoms with Crippen LogP contribution < -0.4 is 14.8 Å². The molecule has 4 aromatic rings. The normalized spacial score (nSPS) is 11.4. The van der Waals surface area contributed by atoms with Crippen LogP contribution in [0.1, 0.15) is 5.56 Å². The Morgan fingerprint density at radius 2 is 1.79 bits per heavy atom. The molecule has 0 unspecified atom stereocenters. The molecule has 9 heteroatoms. The van der Waals surface area contributed by atoms with Crippen molar-refractivity contribution < 1.29 is 22.3 Å². The zero-order valence-electron chi connectivity index (χ0n) is 18.0. The third-order valence-corrected chi connectivity index (χ3v) is 6.56. The van der Waals surface area contributed by atoms with Crippen LogP contribution in [0.3, 0.4) is 0 Å². The number of aromatic nitrogens is 1. The molecular weight excluding hydrogens is 445 g/mol. The first-order valence-corrected chi connectivity index (χ1v) is 11.5. The number of hydrogen-bond acceptors (Lipinski definition) is 4. The van der Waals surface area contributed by atoms with Crippen molar-refractivity contribution in [3.63, 3.8) is 0 Å². The molecule has 0 spiro atoms. The van der Waals surface area contributed by atoms with E-state index in [-0.39, 0.29) is 28.7 Å². The van der Waals surface area contributed by atoms with Gasteiger partial charge in [0, 0.05) is 29.8 Å². The second-order valence-electron chi connectivity index (χ2n) is 7.48. The van der Waals surface area contributed by atoms with Crippen LogP contribution in [0.5, 0.6) is 5.75 Å². The van der Waals surface area contributed by atoms with Crippen molar-refractivity contribution >= 4 is 38.2 Å². The van der Waals surface area contributed by atoms with Crippen molar-refractivity contribution in [1.29, 1.82) is 0 Å². The Kier molecular flexibility index (Phi) is 6.06. The van der Waals surface area contributed by atoms with Crippen LogP contribution >= 0.6 is 0 Å². The summed E-state index contributed by atoms with van der Waals surface area (Å²) >= 11 is 0. The second kappa shape index (κ2) is 8.95. The molecule has 0 radical (unpaired) electrons. The predicted octanol–water partition coefficient (Wildman–Crippen LogP) is 4.31. The van der Waals surface area contributed by atoms with Crippen LogP contribution in [-0.2, 0) is 28.3 Å². The number of ether oxygens (including phenoxy) is 1. The third-order valence-electron chi connectivity index (χ3n) is 5.18. The molecule has 0 aliphatic rings. The van der Waals surface area contributed by atoms with Crippen molar-refractivity contribution in [1.82, 2.24) is 4.57 Å². The van der Waals surface area contributed by atoms with Crippen LogP contribution in [0.2, 0.25) is 0 Å². The van der Waals surface area contributed by atoms with Gasteiger partial charge >= 0.3 is 0 Å². The molecule has 0 fully saturated rings. The molecule has 33 heavy (non-hydrogen) atoms. The summed E-state index contributed by atoms with van der Waals surface area (Å²) in [4.78, 5) is 12.6.